The molecule has 0 atom stereocenters. The fourth-order valence-corrected chi connectivity index (χ4v) is 0.906. The Labute approximate surface area is 76.8 Å². The van der Waals surface area contributed by atoms with E-state index in [0.717, 1.165) is 5.56 Å². The Bertz CT molecular complexity index is 330. The maximum absolute atomic E-state index is 5.69. The van der Waals surface area contributed by atoms with Crippen molar-refractivity contribution in [3.8, 4) is 12.3 Å². The highest BCUT2D eigenvalue weighted by Crippen LogP contribution is 2.10. The third-order valence-electron chi connectivity index (χ3n) is 1.36. The maximum atomic E-state index is 5.69. The minimum atomic E-state index is 0.414. The van der Waals surface area contributed by atoms with Crippen LogP contribution in [0.15, 0.2) is 30.0 Å². The van der Waals surface area contributed by atoms with Crippen LogP contribution < -0.4 is 5.73 Å². The largest absolute Gasteiger partial charge is 0.392 e. The minimum absolute atomic E-state index is 0.414. The lowest BCUT2D eigenvalue weighted by atomic mass is 10.2. The molecule has 0 unspecified atom stereocenters. The van der Waals surface area contributed by atoms with Gasteiger partial charge in [0.05, 0.1) is 5.70 Å². The molecule has 0 aliphatic rings. The first kappa shape index (κ1) is 8.70. The molecule has 0 heterocycles. The van der Waals surface area contributed by atoms with Gasteiger partial charge in [0.1, 0.15) is 0 Å². The third kappa shape index (κ3) is 2.34. The first-order valence-corrected chi connectivity index (χ1v) is 3.79. The van der Waals surface area contributed by atoms with Crippen molar-refractivity contribution < 1.29 is 0 Å². The molecule has 1 aromatic rings. The van der Waals surface area contributed by atoms with Crippen molar-refractivity contribution >= 4 is 17.7 Å². The third-order valence-corrected chi connectivity index (χ3v) is 1.61. The summed E-state index contributed by atoms with van der Waals surface area (Å²) in [5, 5.41) is 0.700. The average molecular weight is 178 g/mol. The molecule has 0 aromatic heterocycles. The predicted octanol–water partition coefficient (Wildman–Crippen LogP) is 2.27. The molecule has 1 aromatic carbocycles. The highest BCUT2D eigenvalue weighted by Gasteiger charge is 1.88. The smallest absolute Gasteiger partial charge is 0.0830 e. The second kappa shape index (κ2) is 3.85. The molecular weight excluding hydrogens is 170 g/mol. The highest BCUT2D eigenvalue weighted by atomic mass is 35.5. The van der Waals surface area contributed by atoms with Crippen molar-refractivity contribution in [3.63, 3.8) is 0 Å². The van der Waals surface area contributed by atoms with Crippen LogP contribution in [0.4, 0.5) is 0 Å². The Kier molecular flexibility index (Phi) is 2.79. The average Bonchev–Trinajstić information content (AvgIpc) is 2.09. The lowest BCUT2D eigenvalue weighted by molar-refractivity contribution is 1.49. The lowest BCUT2D eigenvalue weighted by Gasteiger charge is -1.93. The molecule has 0 saturated carbocycles. The van der Waals surface area contributed by atoms with E-state index in [4.69, 9.17) is 23.8 Å². The van der Waals surface area contributed by atoms with E-state index in [1.54, 1.807) is 18.2 Å². The highest BCUT2D eigenvalue weighted by molar-refractivity contribution is 6.30. The van der Waals surface area contributed by atoms with E-state index in [2.05, 4.69) is 5.92 Å². The second-order valence-electron chi connectivity index (χ2n) is 2.30. The van der Waals surface area contributed by atoms with Crippen LogP contribution in [-0.4, -0.2) is 0 Å². The van der Waals surface area contributed by atoms with Gasteiger partial charge in [-0.2, -0.15) is 0 Å². The van der Waals surface area contributed by atoms with E-state index in [9.17, 15) is 0 Å². The van der Waals surface area contributed by atoms with Gasteiger partial charge in [0, 0.05) is 5.02 Å². The number of benzene rings is 1. The summed E-state index contributed by atoms with van der Waals surface area (Å²) in [6.07, 6.45) is 6.80. The number of rotatable bonds is 1. The molecule has 0 aliphatic carbocycles. The molecule has 0 saturated heterocycles. The van der Waals surface area contributed by atoms with Gasteiger partial charge in [0.15, 0.2) is 0 Å². The normalized spacial score (nSPS) is 10.8. The summed E-state index contributed by atoms with van der Waals surface area (Å²) in [6.45, 7) is 0. The number of nitrogens with two attached hydrogens (primary N) is 1. The van der Waals surface area contributed by atoms with Gasteiger partial charge in [0.2, 0.25) is 0 Å². The first-order valence-electron chi connectivity index (χ1n) is 3.42. The molecular formula is C10H8ClN. The Morgan fingerprint density at radius 3 is 2.50 bits per heavy atom. The van der Waals surface area contributed by atoms with Crippen molar-refractivity contribution in [1.29, 1.82) is 0 Å². The van der Waals surface area contributed by atoms with Crippen LogP contribution in [0.5, 0.6) is 0 Å². The van der Waals surface area contributed by atoms with E-state index in [1.807, 2.05) is 12.1 Å². The standard InChI is InChI=1S/C10H8ClN/c1-2-10(12)7-8-3-5-9(11)6-4-8/h1,3-7H,12H2/b10-7+. The van der Waals surface area contributed by atoms with E-state index in [0.29, 0.717) is 10.7 Å². The zero-order valence-electron chi connectivity index (χ0n) is 6.42. The summed E-state index contributed by atoms with van der Waals surface area (Å²) in [6, 6.07) is 7.29. The van der Waals surface area contributed by atoms with E-state index < -0.39 is 0 Å². The summed E-state index contributed by atoms with van der Waals surface area (Å²) in [4.78, 5) is 0. The number of hydrogen-bond acceptors (Lipinski definition) is 1. The number of allylic oxidation sites excluding steroid dienone is 1. The molecule has 0 fully saturated rings. The minimum Gasteiger partial charge on any atom is -0.392 e. The second-order valence-corrected chi connectivity index (χ2v) is 2.73. The summed E-state index contributed by atoms with van der Waals surface area (Å²) in [5.74, 6) is 2.33. The van der Waals surface area contributed by atoms with Crippen LogP contribution >= 0.6 is 11.6 Å². The molecule has 12 heavy (non-hydrogen) atoms. The Morgan fingerprint density at radius 2 is 2.00 bits per heavy atom. The topological polar surface area (TPSA) is 26.0 Å². The Balaban J connectivity index is 2.93. The fraction of sp³-hybridized carbons (Fsp3) is 0. The van der Waals surface area contributed by atoms with Gasteiger partial charge >= 0.3 is 0 Å². The molecule has 0 amide bonds. The SMILES string of the molecule is C#C/C(N)=C\c1ccc(Cl)cc1. The quantitative estimate of drug-likeness (QED) is 0.655. The van der Waals surface area contributed by atoms with Crippen molar-refractivity contribution in [1.82, 2.24) is 0 Å². The molecule has 0 radical (unpaired) electrons. The molecule has 0 spiro atoms. The summed E-state index contributed by atoms with van der Waals surface area (Å²) in [5.41, 5.74) is 6.80. The van der Waals surface area contributed by atoms with Gasteiger partial charge in [0.25, 0.3) is 0 Å². The van der Waals surface area contributed by atoms with Crippen LogP contribution in [-0.2, 0) is 0 Å². The van der Waals surface area contributed by atoms with Crippen LogP contribution in [0.3, 0.4) is 0 Å². The molecule has 1 nitrogen and oxygen atoms in total. The monoisotopic (exact) mass is 177 g/mol. The van der Waals surface area contributed by atoms with E-state index >= 15 is 0 Å². The molecule has 1 rings (SSSR count). The van der Waals surface area contributed by atoms with E-state index in [-0.39, 0.29) is 0 Å². The zero-order chi connectivity index (χ0) is 8.97. The number of halogens is 1. The summed E-state index contributed by atoms with van der Waals surface area (Å²) < 4.78 is 0. The number of hydrogen-bond donors (Lipinski definition) is 1. The van der Waals surface area contributed by atoms with Gasteiger partial charge in [-0.05, 0) is 23.8 Å². The van der Waals surface area contributed by atoms with Crippen LogP contribution in [0.25, 0.3) is 6.08 Å². The predicted molar refractivity (Wildman–Crippen MR) is 52.4 cm³/mol. The number of terminal acetylenes is 1. The van der Waals surface area contributed by atoms with Gasteiger partial charge < -0.3 is 5.73 Å². The van der Waals surface area contributed by atoms with Crippen molar-refractivity contribution in [3.05, 3.63) is 40.5 Å². The molecule has 0 bridgehead atoms. The van der Waals surface area contributed by atoms with Gasteiger partial charge in [-0.25, -0.2) is 0 Å². The Morgan fingerprint density at radius 1 is 1.42 bits per heavy atom. The van der Waals surface area contributed by atoms with Crippen molar-refractivity contribution in [2.75, 3.05) is 0 Å². The van der Waals surface area contributed by atoms with Crippen molar-refractivity contribution in [2.45, 2.75) is 0 Å². The van der Waals surface area contributed by atoms with Crippen LogP contribution in [0.2, 0.25) is 5.02 Å². The molecule has 2 heteroatoms. The summed E-state index contributed by atoms with van der Waals surface area (Å²) >= 11 is 5.69. The summed E-state index contributed by atoms with van der Waals surface area (Å²) in [7, 11) is 0. The van der Waals surface area contributed by atoms with Crippen LogP contribution in [0.1, 0.15) is 5.56 Å². The Hall–Kier alpha value is -1.39. The van der Waals surface area contributed by atoms with Gasteiger partial charge in [-0.1, -0.05) is 29.7 Å². The first-order chi connectivity index (χ1) is 5.72. The van der Waals surface area contributed by atoms with Gasteiger partial charge in [-0.15, -0.1) is 6.42 Å². The molecule has 2 N–H and O–H groups in total. The van der Waals surface area contributed by atoms with Crippen molar-refractivity contribution in [2.24, 2.45) is 5.73 Å². The molecule has 0 aliphatic heterocycles. The van der Waals surface area contributed by atoms with Gasteiger partial charge in [-0.3, -0.25) is 0 Å². The lowest BCUT2D eigenvalue weighted by Crippen LogP contribution is -1.91. The fourth-order valence-electron chi connectivity index (χ4n) is 0.780. The maximum Gasteiger partial charge on any atom is 0.0830 e. The van der Waals surface area contributed by atoms with Crippen LogP contribution in [0, 0.1) is 12.3 Å². The van der Waals surface area contributed by atoms with E-state index in [1.165, 1.54) is 0 Å². The zero-order valence-corrected chi connectivity index (χ0v) is 7.18. The molecule has 60 valence electrons.